The average Bonchev–Trinajstić information content (AvgIpc) is 1.58. The fourth-order valence-corrected chi connectivity index (χ4v) is 0.545. The van der Waals surface area contributed by atoms with E-state index in [2.05, 4.69) is 5.73 Å². The van der Waals surface area contributed by atoms with Gasteiger partial charge in [0.05, 0.1) is 4.91 Å². The number of carbonyl (C=O) groups excluding carboxylic acids is 1. The number of urea groups is 1. The second kappa shape index (κ2) is 4.29. The second-order valence-corrected chi connectivity index (χ2v) is 2.71. The molecule has 0 rings (SSSR count). The number of hydrazine groups is 1. The number of rotatable bonds is 3. The Morgan fingerprint density at radius 3 is 2.50 bits per heavy atom. The van der Waals surface area contributed by atoms with Crippen LogP contribution < -0.4 is 11.2 Å². The molecule has 0 saturated heterocycles. The summed E-state index contributed by atoms with van der Waals surface area (Å²) in [6.45, 7) is -0.216. The van der Waals surface area contributed by atoms with E-state index in [0.29, 0.717) is 0 Å². The van der Waals surface area contributed by atoms with Crippen molar-refractivity contribution in [1.82, 2.24) is 5.43 Å². The van der Waals surface area contributed by atoms with Crippen LogP contribution in [0.2, 0.25) is 0 Å². The Morgan fingerprint density at radius 2 is 2.20 bits per heavy atom. The standard InChI is InChI=1S/C3H5Cl2N3O2/c4-2(5)1-8(10)7-3(6)9/h2H,1H2,(H2-,6,7,9,10)/p+1. The van der Waals surface area contributed by atoms with Crippen molar-refractivity contribution in [3.63, 3.8) is 0 Å². The number of nitrogens with one attached hydrogen (secondary N) is 1. The van der Waals surface area contributed by atoms with Crippen LogP contribution in [0.1, 0.15) is 0 Å². The zero-order chi connectivity index (χ0) is 8.15. The predicted molar refractivity (Wildman–Crippen MR) is 36.7 cm³/mol. The van der Waals surface area contributed by atoms with Crippen molar-refractivity contribution in [3.8, 4) is 0 Å². The fraction of sp³-hybridized carbons (Fsp3) is 0.667. The van der Waals surface area contributed by atoms with Crippen molar-refractivity contribution in [3.05, 3.63) is 4.91 Å². The highest BCUT2D eigenvalue weighted by Gasteiger charge is 2.15. The molecule has 3 N–H and O–H groups in total. The van der Waals surface area contributed by atoms with E-state index in [0.717, 1.165) is 0 Å². The molecule has 0 aliphatic rings. The Labute approximate surface area is 67.0 Å². The van der Waals surface area contributed by atoms with Crippen LogP contribution in [0.25, 0.3) is 0 Å². The summed E-state index contributed by atoms with van der Waals surface area (Å²) in [4.78, 5) is 19.7. The molecule has 0 aromatic rings. The number of carbonyl (C=O) groups is 1. The molecule has 0 aromatic heterocycles. The summed E-state index contributed by atoms with van der Waals surface area (Å²) in [7, 11) is 0. The lowest BCUT2D eigenvalue weighted by molar-refractivity contribution is -0.589. The minimum absolute atomic E-state index is 0.160. The minimum atomic E-state index is -0.941. The van der Waals surface area contributed by atoms with Gasteiger partial charge < -0.3 is 5.73 Å². The molecule has 0 aromatic carbocycles. The molecule has 0 saturated carbocycles. The van der Waals surface area contributed by atoms with Crippen molar-refractivity contribution < 1.29 is 9.66 Å². The predicted octanol–water partition coefficient (Wildman–Crippen LogP) is 0.152. The first kappa shape index (κ1) is 9.45. The van der Waals surface area contributed by atoms with Crippen LogP contribution in [0.15, 0.2) is 0 Å². The highest BCUT2D eigenvalue weighted by molar-refractivity contribution is 6.44. The Morgan fingerprint density at radius 1 is 1.70 bits per heavy atom. The summed E-state index contributed by atoms with van der Waals surface area (Å²) in [5.74, 6) is 0. The van der Waals surface area contributed by atoms with Crippen molar-refractivity contribution in [2.75, 3.05) is 6.54 Å². The van der Waals surface area contributed by atoms with Crippen molar-refractivity contribution >= 4 is 29.2 Å². The molecule has 0 aliphatic carbocycles. The molecule has 10 heavy (non-hydrogen) atoms. The van der Waals surface area contributed by atoms with Gasteiger partial charge in [-0.15, -0.1) is 0 Å². The van der Waals surface area contributed by atoms with Crippen LogP contribution in [0, 0.1) is 4.91 Å². The molecule has 5 nitrogen and oxygen atoms in total. The van der Waals surface area contributed by atoms with E-state index in [1.165, 1.54) is 0 Å². The number of primary amides is 1. The number of hydrogen-bond acceptors (Lipinski definition) is 2. The van der Waals surface area contributed by atoms with Gasteiger partial charge in [0.2, 0.25) is 0 Å². The average molecular weight is 187 g/mol. The molecule has 0 spiro atoms. The molecule has 7 heteroatoms. The van der Waals surface area contributed by atoms with Gasteiger partial charge in [0.25, 0.3) is 6.54 Å². The summed E-state index contributed by atoms with van der Waals surface area (Å²) in [6.07, 6.45) is 0. The van der Waals surface area contributed by atoms with Crippen LogP contribution in [0.5, 0.6) is 0 Å². The topological polar surface area (TPSA) is 75.2 Å². The molecule has 0 fully saturated rings. The summed E-state index contributed by atoms with van der Waals surface area (Å²) in [6, 6.07) is -0.941. The van der Waals surface area contributed by atoms with Crippen LogP contribution in [-0.4, -0.2) is 22.3 Å². The summed E-state index contributed by atoms with van der Waals surface area (Å²) < 4.78 is 0. The zero-order valence-corrected chi connectivity index (χ0v) is 6.39. The first-order valence-electron chi connectivity index (χ1n) is 2.31. The van der Waals surface area contributed by atoms with E-state index in [1.807, 2.05) is 0 Å². The van der Waals surface area contributed by atoms with E-state index in [9.17, 15) is 9.70 Å². The Hall–Kier alpha value is -0.550. The molecule has 2 amide bonds. The quantitative estimate of drug-likeness (QED) is 0.375. The summed E-state index contributed by atoms with van der Waals surface area (Å²) in [5.41, 5.74) is 6.31. The first-order chi connectivity index (χ1) is 4.52. The van der Waals surface area contributed by atoms with Crippen LogP contribution >= 0.6 is 23.2 Å². The van der Waals surface area contributed by atoms with E-state index < -0.39 is 10.9 Å². The number of alkyl halides is 2. The molecule has 0 heterocycles. The van der Waals surface area contributed by atoms with Crippen molar-refractivity contribution in [2.45, 2.75) is 4.84 Å². The van der Waals surface area contributed by atoms with Gasteiger partial charge in [-0.05, 0) is 0 Å². The third-order valence-electron chi connectivity index (χ3n) is 0.539. The van der Waals surface area contributed by atoms with Gasteiger partial charge in [0.1, 0.15) is 4.87 Å². The third-order valence-corrected chi connectivity index (χ3v) is 0.815. The molecule has 0 unspecified atom stereocenters. The van der Waals surface area contributed by atoms with Gasteiger partial charge in [-0.3, -0.25) is 0 Å². The summed E-state index contributed by atoms with van der Waals surface area (Å²) in [5, 5.41) is 0. The SMILES string of the molecule is NC(=O)N[N+](=O)CC(Cl)Cl. The molecular formula is C3H6Cl2N3O2+. The van der Waals surface area contributed by atoms with E-state index in [1.54, 1.807) is 5.43 Å². The maximum atomic E-state index is 10.4. The van der Waals surface area contributed by atoms with Crippen molar-refractivity contribution in [1.29, 1.82) is 0 Å². The van der Waals surface area contributed by atoms with E-state index in [4.69, 9.17) is 23.2 Å². The lowest BCUT2D eigenvalue weighted by atomic mass is 10.8. The Bertz CT molecular complexity index is 149. The third kappa shape index (κ3) is 5.58. The van der Waals surface area contributed by atoms with Gasteiger partial charge in [0.15, 0.2) is 4.84 Å². The van der Waals surface area contributed by atoms with Gasteiger partial charge in [-0.1, -0.05) is 28.6 Å². The molecule has 58 valence electrons. The summed E-state index contributed by atoms with van der Waals surface area (Å²) >= 11 is 10.4. The number of nitroso groups, excluding NO2 is 1. The number of amides is 2. The highest BCUT2D eigenvalue weighted by atomic mass is 35.5. The highest BCUT2D eigenvalue weighted by Crippen LogP contribution is 1.99. The number of halogens is 2. The van der Waals surface area contributed by atoms with E-state index >= 15 is 0 Å². The maximum absolute atomic E-state index is 10.4. The largest absolute Gasteiger partial charge is 0.368 e. The second-order valence-electron chi connectivity index (χ2n) is 1.43. The van der Waals surface area contributed by atoms with Gasteiger partial charge in [0, 0.05) is 0 Å². The molecule has 0 aliphatic heterocycles. The van der Waals surface area contributed by atoms with Crippen molar-refractivity contribution in [2.24, 2.45) is 5.73 Å². The lowest BCUT2D eigenvalue weighted by Crippen LogP contribution is -2.38. The molecule has 0 radical (unpaired) electrons. The van der Waals surface area contributed by atoms with E-state index in [-0.39, 0.29) is 11.4 Å². The number of nitrogens with two attached hydrogens (primary N) is 1. The lowest BCUT2D eigenvalue weighted by Gasteiger charge is -1.91. The molecular weight excluding hydrogens is 181 g/mol. The number of nitrogens with zero attached hydrogens (tertiary/aromatic N) is 1. The minimum Gasteiger partial charge on any atom is -0.347 e. The zero-order valence-electron chi connectivity index (χ0n) is 4.88. The Balaban J connectivity index is 3.54. The van der Waals surface area contributed by atoms with Crippen LogP contribution in [-0.2, 0) is 0 Å². The monoisotopic (exact) mass is 186 g/mol. The molecule has 0 bridgehead atoms. The van der Waals surface area contributed by atoms with Gasteiger partial charge in [-0.25, -0.2) is 4.79 Å². The Kier molecular flexibility index (Phi) is 4.06. The number of hydrogen-bond donors (Lipinski definition) is 2. The van der Waals surface area contributed by atoms with Gasteiger partial charge >= 0.3 is 6.03 Å². The smallest absolute Gasteiger partial charge is 0.347 e. The molecule has 0 atom stereocenters. The normalized spacial score (nSPS) is 9.50. The fourth-order valence-electron chi connectivity index (χ4n) is 0.294. The maximum Gasteiger partial charge on any atom is 0.368 e. The van der Waals surface area contributed by atoms with Crippen LogP contribution in [0.3, 0.4) is 0 Å². The first-order valence-corrected chi connectivity index (χ1v) is 3.18. The van der Waals surface area contributed by atoms with Crippen LogP contribution in [0.4, 0.5) is 4.79 Å². The van der Waals surface area contributed by atoms with Gasteiger partial charge in [-0.2, -0.15) is 0 Å².